The summed E-state index contributed by atoms with van der Waals surface area (Å²) in [5, 5.41) is 2.89. The fourth-order valence-electron chi connectivity index (χ4n) is 2.49. The van der Waals surface area contributed by atoms with Gasteiger partial charge in [-0.2, -0.15) is 0 Å². The summed E-state index contributed by atoms with van der Waals surface area (Å²) in [6.45, 7) is 5.93. The number of benzene rings is 1. The Kier molecular flexibility index (Phi) is 3.50. The molecule has 0 aromatic heterocycles. The SMILES string of the molecule is CC1(C)OCC(CNC(=O)c2ccc3c(c2)COC3)O1. The minimum absolute atomic E-state index is 0.0898. The smallest absolute Gasteiger partial charge is 0.251 e. The van der Waals surface area contributed by atoms with Crippen LogP contribution in [0, 0.1) is 0 Å². The molecule has 5 nitrogen and oxygen atoms in total. The molecule has 0 aliphatic carbocycles. The Bertz CT molecular complexity index is 527. The van der Waals surface area contributed by atoms with Crippen molar-refractivity contribution in [3.63, 3.8) is 0 Å². The first-order chi connectivity index (χ1) is 9.53. The van der Waals surface area contributed by atoms with Crippen molar-refractivity contribution in [2.45, 2.75) is 39.0 Å². The number of rotatable bonds is 3. The van der Waals surface area contributed by atoms with Crippen LogP contribution in [0.25, 0.3) is 0 Å². The lowest BCUT2D eigenvalue weighted by molar-refractivity contribution is -0.137. The lowest BCUT2D eigenvalue weighted by atomic mass is 10.1. The third-order valence-corrected chi connectivity index (χ3v) is 3.54. The van der Waals surface area contributed by atoms with Gasteiger partial charge in [0.2, 0.25) is 0 Å². The molecule has 3 rings (SSSR count). The quantitative estimate of drug-likeness (QED) is 0.911. The molecule has 0 spiro atoms. The predicted molar refractivity (Wildman–Crippen MR) is 72.2 cm³/mol. The zero-order valence-corrected chi connectivity index (χ0v) is 11.8. The minimum atomic E-state index is -0.555. The van der Waals surface area contributed by atoms with Gasteiger partial charge in [0.15, 0.2) is 5.79 Å². The van der Waals surface area contributed by atoms with Crippen molar-refractivity contribution < 1.29 is 19.0 Å². The van der Waals surface area contributed by atoms with Gasteiger partial charge in [-0.3, -0.25) is 4.79 Å². The summed E-state index contributed by atoms with van der Waals surface area (Å²) in [6, 6.07) is 5.68. The topological polar surface area (TPSA) is 56.8 Å². The molecule has 2 aliphatic heterocycles. The highest BCUT2D eigenvalue weighted by Gasteiger charge is 2.32. The zero-order chi connectivity index (χ0) is 14.2. The van der Waals surface area contributed by atoms with E-state index in [1.54, 1.807) is 0 Å². The lowest BCUT2D eigenvalue weighted by Gasteiger charge is -2.17. The zero-order valence-electron chi connectivity index (χ0n) is 11.8. The highest BCUT2D eigenvalue weighted by Crippen LogP contribution is 2.22. The second kappa shape index (κ2) is 5.16. The molecule has 1 fully saturated rings. The van der Waals surface area contributed by atoms with Crippen molar-refractivity contribution in [3.05, 3.63) is 34.9 Å². The Morgan fingerprint density at radius 3 is 2.90 bits per heavy atom. The second-order valence-electron chi connectivity index (χ2n) is 5.64. The molecule has 0 bridgehead atoms. The average Bonchev–Trinajstić information content (AvgIpc) is 3.01. The lowest BCUT2D eigenvalue weighted by Crippen LogP contribution is -2.34. The third-order valence-electron chi connectivity index (χ3n) is 3.54. The molecule has 108 valence electrons. The van der Waals surface area contributed by atoms with E-state index in [0.717, 1.165) is 11.1 Å². The molecule has 0 radical (unpaired) electrons. The summed E-state index contributed by atoms with van der Waals surface area (Å²) in [5.41, 5.74) is 2.92. The van der Waals surface area contributed by atoms with Gasteiger partial charge in [-0.15, -0.1) is 0 Å². The van der Waals surface area contributed by atoms with Crippen LogP contribution in [0.15, 0.2) is 18.2 Å². The Hall–Kier alpha value is -1.43. The summed E-state index contributed by atoms with van der Waals surface area (Å²) in [5.74, 6) is -0.645. The van der Waals surface area contributed by atoms with E-state index < -0.39 is 5.79 Å². The summed E-state index contributed by atoms with van der Waals surface area (Å²) in [6.07, 6.45) is -0.0910. The van der Waals surface area contributed by atoms with Crippen molar-refractivity contribution in [3.8, 4) is 0 Å². The van der Waals surface area contributed by atoms with Gasteiger partial charge in [0, 0.05) is 12.1 Å². The van der Waals surface area contributed by atoms with Crippen LogP contribution in [0.1, 0.15) is 35.3 Å². The maximum absolute atomic E-state index is 12.1. The largest absolute Gasteiger partial charge is 0.372 e. The molecule has 1 unspecified atom stereocenters. The van der Waals surface area contributed by atoms with Crippen LogP contribution in [-0.4, -0.2) is 30.9 Å². The van der Waals surface area contributed by atoms with E-state index in [4.69, 9.17) is 14.2 Å². The molecule has 2 aliphatic rings. The van der Waals surface area contributed by atoms with E-state index in [1.807, 2.05) is 32.0 Å². The van der Waals surface area contributed by atoms with Crippen molar-refractivity contribution in [2.75, 3.05) is 13.2 Å². The van der Waals surface area contributed by atoms with Gasteiger partial charge < -0.3 is 19.5 Å². The van der Waals surface area contributed by atoms with Crippen LogP contribution in [0.2, 0.25) is 0 Å². The van der Waals surface area contributed by atoms with Crippen LogP contribution in [0.4, 0.5) is 0 Å². The fraction of sp³-hybridized carbons (Fsp3) is 0.533. The van der Waals surface area contributed by atoms with Gasteiger partial charge in [-0.25, -0.2) is 0 Å². The second-order valence-corrected chi connectivity index (χ2v) is 5.64. The molecule has 0 saturated carbocycles. The van der Waals surface area contributed by atoms with E-state index >= 15 is 0 Å². The average molecular weight is 277 g/mol. The Morgan fingerprint density at radius 1 is 1.35 bits per heavy atom. The summed E-state index contributed by atoms with van der Waals surface area (Å²) in [7, 11) is 0. The van der Waals surface area contributed by atoms with Gasteiger partial charge in [0.05, 0.1) is 19.8 Å². The Morgan fingerprint density at radius 2 is 2.15 bits per heavy atom. The highest BCUT2D eigenvalue weighted by molar-refractivity contribution is 5.94. The van der Waals surface area contributed by atoms with Crippen molar-refractivity contribution in [1.82, 2.24) is 5.32 Å². The molecule has 20 heavy (non-hydrogen) atoms. The fourth-order valence-corrected chi connectivity index (χ4v) is 2.49. The monoisotopic (exact) mass is 277 g/mol. The van der Waals surface area contributed by atoms with E-state index in [0.29, 0.717) is 31.9 Å². The first kappa shape index (κ1) is 13.5. The van der Waals surface area contributed by atoms with E-state index in [1.165, 1.54) is 0 Å². The Labute approximate surface area is 118 Å². The summed E-state index contributed by atoms with van der Waals surface area (Å²) < 4.78 is 16.5. The predicted octanol–water partition coefficient (Wildman–Crippen LogP) is 1.60. The van der Waals surface area contributed by atoms with Gasteiger partial charge in [-0.05, 0) is 37.1 Å². The number of fused-ring (bicyclic) bond motifs is 1. The van der Waals surface area contributed by atoms with E-state index in [2.05, 4.69) is 5.32 Å². The molecule has 1 N–H and O–H groups in total. The van der Waals surface area contributed by atoms with Crippen LogP contribution < -0.4 is 5.32 Å². The maximum Gasteiger partial charge on any atom is 0.251 e. The summed E-state index contributed by atoms with van der Waals surface area (Å²) >= 11 is 0. The maximum atomic E-state index is 12.1. The number of carbonyl (C=O) groups excluding carboxylic acids is 1. The van der Waals surface area contributed by atoms with Crippen LogP contribution >= 0.6 is 0 Å². The van der Waals surface area contributed by atoms with Crippen LogP contribution in [-0.2, 0) is 27.4 Å². The highest BCUT2D eigenvalue weighted by atomic mass is 16.7. The minimum Gasteiger partial charge on any atom is -0.372 e. The van der Waals surface area contributed by atoms with Crippen molar-refractivity contribution in [1.29, 1.82) is 0 Å². The number of hydrogen-bond donors (Lipinski definition) is 1. The van der Waals surface area contributed by atoms with E-state index in [9.17, 15) is 4.79 Å². The molecular weight excluding hydrogens is 258 g/mol. The first-order valence-electron chi connectivity index (χ1n) is 6.83. The molecule has 1 aromatic rings. The van der Waals surface area contributed by atoms with E-state index in [-0.39, 0.29) is 12.0 Å². The number of ether oxygens (including phenoxy) is 3. The molecule has 1 amide bonds. The third kappa shape index (κ3) is 2.85. The molecule has 1 aromatic carbocycles. The van der Waals surface area contributed by atoms with Gasteiger partial charge >= 0.3 is 0 Å². The van der Waals surface area contributed by atoms with Crippen LogP contribution in [0.3, 0.4) is 0 Å². The van der Waals surface area contributed by atoms with Gasteiger partial charge in [-0.1, -0.05) is 6.07 Å². The number of nitrogens with one attached hydrogen (secondary N) is 1. The molecule has 1 atom stereocenters. The van der Waals surface area contributed by atoms with Crippen LogP contribution in [0.5, 0.6) is 0 Å². The van der Waals surface area contributed by atoms with Crippen molar-refractivity contribution >= 4 is 5.91 Å². The summed E-state index contributed by atoms with van der Waals surface area (Å²) in [4.78, 5) is 12.1. The van der Waals surface area contributed by atoms with Gasteiger partial charge in [0.1, 0.15) is 6.10 Å². The van der Waals surface area contributed by atoms with Crippen molar-refractivity contribution in [2.24, 2.45) is 0 Å². The normalized spacial score (nSPS) is 23.6. The standard InChI is InChI=1S/C15H19NO4/c1-15(2)19-9-13(20-15)6-16-14(17)10-3-4-11-7-18-8-12(11)5-10/h3-5,13H,6-9H2,1-2H3,(H,16,17). The molecular formula is C15H19NO4. The van der Waals surface area contributed by atoms with Gasteiger partial charge in [0.25, 0.3) is 5.91 Å². The number of carbonyl (C=O) groups is 1. The number of amides is 1. The molecule has 5 heteroatoms. The first-order valence-corrected chi connectivity index (χ1v) is 6.83. The molecule has 1 saturated heterocycles. The Balaban J connectivity index is 1.57. The number of hydrogen-bond acceptors (Lipinski definition) is 4. The molecule has 2 heterocycles.